The van der Waals surface area contributed by atoms with E-state index in [1.165, 1.54) is 0 Å². The summed E-state index contributed by atoms with van der Waals surface area (Å²) in [5.74, 6) is 1.00. The van der Waals surface area contributed by atoms with Gasteiger partial charge in [-0.3, -0.25) is 4.79 Å². The molecule has 0 aromatic heterocycles. The van der Waals surface area contributed by atoms with Gasteiger partial charge in [-0.1, -0.05) is 30.3 Å². The number of nitrogens with one attached hydrogen (secondary N) is 1. The molecule has 28 heavy (non-hydrogen) atoms. The van der Waals surface area contributed by atoms with Crippen molar-refractivity contribution < 1.29 is 22.7 Å². The van der Waals surface area contributed by atoms with E-state index < -0.39 is 10.0 Å². The highest BCUT2D eigenvalue weighted by Gasteiger charge is 2.21. The van der Waals surface area contributed by atoms with Gasteiger partial charge in [0, 0.05) is 6.54 Å². The molecule has 152 valence electrons. The fourth-order valence-corrected chi connectivity index (χ4v) is 3.23. The second-order valence-corrected chi connectivity index (χ2v) is 8.45. The number of sulfonamides is 1. The van der Waals surface area contributed by atoms with Crippen molar-refractivity contribution in [2.45, 2.75) is 19.5 Å². The Bertz CT molecular complexity index is 854. The predicted octanol–water partition coefficient (Wildman–Crippen LogP) is 2.04. The number of rotatable bonds is 10. The molecule has 0 spiro atoms. The van der Waals surface area contributed by atoms with Crippen LogP contribution in [0.1, 0.15) is 12.5 Å². The van der Waals surface area contributed by atoms with E-state index in [0.29, 0.717) is 5.75 Å². The molecule has 0 aliphatic heterocycles. The molecule has 0 saturated carbocycles. The van der Waals surface area contributed by atoms with E-state index in [0.717, 1.165) is 21.9 Å². The topological polar surface area (TPSA) is 84.9 Å². The Labute approximate surface area is 166 Å². The lowest BCUT2D eigenvalue weighted by molar-refractivity contribution is -0.122. The molecule has 2 rings (SSSR count). The number of nitrogens with zero attached hydrogens (tertiary/aromatic N) is 1. The van der Waals surface area contributed by atoms with Gasteiger partial charge in [0.1, 0.15) is 18.1 Å². The molecular formula is C20H26N2O5S. The monoisotopic (exact) mass is 406 g/mol. The maximum Gasteiger partial charge on any atom is 0.235 e. The van der Waals surface area contributed by atoms with Gasteiger partial charge in [-0.15, -0.1) is 0 Å². The lowest BCUT2D eigenvalue weighted by Crippen LogP contribution is -2.44. The van der Waals surface area contributed by atoms with E-state index in [9.17, 15) is 13.2 Å². The van der Waals surface area contributed by atoms with E-state index in [-0.39, 0.29) is 31.6 Å². The van der Waals surface area contributed by atoms with E-state index in [1.807, 2.05) is 30.3 Å². The molecule has 2 aromatic carbocycles. The lowest BCUT2D eigenvalue weighted by atomic mass is 10.2. The zero-order chi connectivity index (χ0) is 20.6. The highest BCUT2D eigenvalue weighted by Crippen LogP contribution is 2.17. The predicted molar refractivity (Wildman–Crippen MR) is 108 cm³/mol. The van der Waals surface area contributed by atoms with Gasteiger partial charge in [-0.05, 0) is 36.8 Å². The van der Waals surface area contributed by atoms with Crippen molar-refractivity contribution in [3.05, 3.63) is 60.2 Å². The van der Waals surface area contributed by atoms with E-state index in [2.05, 4.69) is 5.32 Å². The second kappa shape index (κ2) is 10.1. The van der Waals surface area contributed by atoms with Crippen molar-refractivity contribution in [1.29, 1.82) is 0 Å². The van der Waals surface area contributed by atoms with Gasteiger partial charge in [-0.25, -0.2) is 8.42 Å². The summed E-state index contributed by atoms with van der Waals surface area (Å²) < 4.78 is 35.9. The van der Waals surface area contributed by atoms with Crippen molar-refractivity contribution in [3.8, 4) is 11.5 Å². The minimum Gasteiger partial charge on any atom is -0.497 e. The van der Waals surface area contributed by atoms with Gasteiger partial charge in [0.2, 0.25) is 15.9 Å². The number of carbonyl (C=O) groups excluding carboxylic acids is 1. The van der Waals surface area contributed by atoms with Gasteiger partial charge >= 0.3 is 0 Å². The molecule has 0 saturated heterocycles. The van der Waals surface area contributed by atoms with Crippen LogP contribution >= 0.6 is 0 Å². The number of hydrogen-bond acceptors (Lipinski definition) is 5. The first kappa shape index (κ1) is 21.7. The third-order valence-electron chi connectivity index (χ3n) is 3.96. The fraction of sp³-hybridized carbons (Fsp3) is 0.350. The Hall–Kier alpha value is -2.58. The van der Waals surface area contributed by atoms with Gasteiger partial charge in [0.15, 0.2) is 0 Å². The fourth-order valence-electron chi connectivity index (χ4n) is 2.49. The van der Waals surface area contributed by atoms with Crippen LogP contribution in [0.5, 0.6) is 11.5 Å². The number of amides is 1. The smallest absolute Gasteiger partial charge is 0.235 e. The minimum absolute atomic E-state index is 0.143. The number of methoxy groups -OCH3 is 1. The van der Waals surface area contributed by atoms with Gasteiger partial charge in [0.25, 0.3) is 0 Å². The molecule has 1 atom stereocenters. The maximum atomic E-state index is 12.3. The Balaban J connectivity index is 1.86. The first-order chi connectivity index (χ1) is 13.3. The van der Waals surface area contributed by atoms with Crippen molar-refractivity contribution >= 4 is 15.9 Å². The van der Waals surface area contributed by atoms with Crippen molar-refractivity contribution in [2.24, 2.45) is 0 Å². The third-order valence-corrected chi connectivity index (χ3v) is 5.15. The van der Waals surface area contributed by atoms with E-state index in [1.54, 1.807) is 38.3 Å². The number of carbonyl (C=O) groups is 1. The maximum absolute atomic E-state index is 12.3. The first-order valence-corrected chi connectivity index (χ1v) is 10.7. The van der Waals surface area contributed by atoms with E-state index >= 15 is 0 Å². The molecule has 8 heteroatoms. The molecule has 0 radical (unpaired) electrons. The zero-order valence-electron chi connectivity index (χ0n) is 16.3. The average Bonchev–Trinajstić information content (AvgIpc) is 2.66. The number of hydrogen-bond donors (Lipinski definition) is 1. The van der Waals surface area contributed by atoms with Crippen LogP contribution in [-0.4, -0.2) is 51.2 Å². The van der Waals surface area contributed by atoms with Crippen LogP contribution in [0, 0.1) is 0 Å². The lowest BCUT2D eigenvalue weighted by Gasteiger charge is -2.21. The molecule has 1 amide bonds. The third kappa shape index (κ3) is 7.21. The van der Waals surface area contributed by atoms with Crippen molar-refractivity contribution in [2.75, 3.05) is 26.5 Å². The van der Waals surface area contributed by atoms with Gasteiger partial charge in [0.05, 0.1) is 26.0 Å². The summed E-state index contributed by atoms with van der Waals surface area (Å²) in [5.41, 5.74) is 0.816. The Kier molecular flexibility index (Phi) is 7.83. The summed E-state index contributed by atoms with van der Waals surface area (Å²) in [6, 6.07) is 16.0. The Morgan fingerprint density at radius 2 is 1.68 bits per heavy atom. The van der Waals surface area contributed by atoms with Crippen LogP contribution in [0.4, 0.5) is 0 Å². The normalized spacial score (nSPS) is 12.4. The summed E-state index contributed by atoms with van der Waals surface area (Å²) in [4.78, 5) is 12.3. The molecule has 0 fully saturated rings. The van der Waals surface area contributed by atoms with Crippen LogP contribution in [0.3, 0.4) is 0 Å². The van der Waals surface area contributed by atoms with Crippen LogP contribution in [0.25, 0.3) is 0 Å². The molecule has 2 aromatic rings. The van der Waals surface area contributed by atoms with Crippen LogP contribution in [0.15, 0.2) is 54.6 Å². The Morgan fingerprint density at radius 1 is 1.07 bits per heavy atom. The summed E-state index contributed by atoms with van der Waals surface area (Å²) >= 11 is 0. The SMILES string of the molecule is COc1ccc(OCC(C)NC(=O)CN(Cc2ccccc2)S(C)(=O)=O)cc1. The summed E-state index contributed by atoms with van der Waals surface area (Å²) in [6.07, 6.45) is 1.10. The minimum atomic E-state index is -3.53. The van der Waals surface area contributed by atoms with Gasteiger partial charge in [-0.2, -0.15) is 4.31 Å². The highest BCUT2D eigenvalue weighted by molar-refractivity contribution is 7.88. The van der Waals surface area contributed by atoms with Crippen molar-refractivity contribution in [3.63, 3.8) is 0 Å². The molecule has 0 bridgehead atoms. The number of benzene rings is 2. The Morgan fingerprint density at radius 3 is 2.25 bits per heavy atom. The molecular weight excluding hydrogens is 380 g/mol. The van der Waals surface area contributed by atoms with Crippen LogP contribution in [-0.2, 0) is 21.4 Å². The largest absolute Gasteiger partial charge is 0.497 e. The van der Waals surface area contributed by atoms with Crippen molar-refractivity contribution in [1.82, 2.24) is 9.62 Å². The quantitative estimate of drug-likeness (QED) is 0.653. The van der Waals surface area contributed by atoms with Crippen LogP contribution in [0.2, 0.25) is 0 Å². The summed E-state index contributed by atoms with van der Waals surface area (Å²) in [5, 5.41) is 2.77. The van der Waals surface area contributed by atoms with Gasteiger partial charge < -0.3 is 14.8 Å². The van der Waals surface area contributed by atoms with E-state index in [4.69, 9.17) is 9.47 Å². The first-order valence-electron chi connectivity index (χ1n) is 8.83. The second-order valence-electron chi connectivity index (χ2n) is 6.47. The molecule has 0 aliphatic rings. The standard InChI is InChI=1S/C20H26N2O5S/c1-16(15-27-19-11-9-18(26-2)10-12-19)21-20(23)14-22(28(3,24)25)13-17-7-5-4-6-8-17/h4-12,16H,13-15H2,1-3H3,(H,21,23). The highest BCUT2D eigenvalue weighted by atomic mass is 32.2. The molecule has 1 N–H and O–H groups in total. The molecule has 7 nitrogen and oxygen atoms in total. The molecule has 1 unspecified atom stereocenters. The average molecular weight is 407 g/mol. The molecule has 0 heterocycles. The summed E-state index contributed by atoms with van der Waals surface area (Å²) in [7, 11) is -1.94. The molecule has 0 aliphatic carbocycles. The van der Waals surface area contributed by atoms with Crippen LogP contribution < -0.4 is 14.8 Å². The zero-order valence-corrected chi connectivity index (χ0v) is 17.1. The number of ether oxygens (including phenoxy) is 2. The summed E-state index contributed by atoms with van der Waals surface area (Å²) in [6.45, 7) is 1.95.